The van der Waals surface area contributed by atoms with Gasteiger partial charge in [-0.05, 0) is 0 Å². The summed E-state index contributed by atoms with van der Waals surface area (Å²) < 4.78 is 0. The molecule has 0 heterocycles. The Morgan fingerprint density at radius 1 is 1.50 bits per heavy atom. The van der Waals surface area contributed by atoms with E-state index in [2.05, 4.69) is 0 Å². The topological polar surface area (TPSA) is 44.0 Å². The van der Waals surface area contributed by atoms with E-state index in [1.165, 1.54) is 0 Å². The average molecular weight is 163 g/mol. The molecule has 0 fully saturated rings. The van der Waals surface area contributed by atoms with Crippen molar-refractivity contribution in [3.63, 3.8) is 0 Å². The van der Waals surface area contributed by atoms with Crippen LogP contribution >= 0.6 is 0 Å². The largest absolute Gasteiger partial charge is 0.443 e. The van der Waals surface area contributed by atoms with Crippen molar-refractivity contribution < 1.29 is 37.8 Å². The molecule has 0 amide bonds. The summed E-state index contributed by atoms with van der Waals surface area (Å²) in [4.78, 5) is 0. The van der Waals surface area contributed by atoms with Crippen molar-refractivity contribution in [1.82, 2.24) is 0 Å². The number of nitriles is 1. The van der Waals surface area contributed by atoms with E-state index in [-0.39, 0.29) is 47.6 Å². The number of rotatable bonds is 0. The fourth-order valence-electron chi connectivity index (χ4n) is 0. The first-order valence-electron chi connectivity index (χ1n) is 0.447. The summed E-state index contributed by atoms with van der Waals surface area (Å²) in [6.45, 7) is 0. The predicted molar refractivity (Wildman–Crippen MR) is 20.7 cm³/mol. The summed E-state index contributed by atoms with van der Waals surface area (Å²) in [5, 5.41) is 13.8. The van der Waals surface area contributed by atoms with Gasteiger partial charge in [0.2, 0.25) is 0 Å². The second kappa shape index (κ2) is 53.6. The zero-order valence-electron chi connectivity index (χ0n) is 2.97. The quantitative estimate of drug-likeness (QED) is 0.426. The third-order valence-electron chi connectivity index (χ3n) is 0. The van der Waals surface area contributed by atoms with Gasteiger partial charge in [0.1, 0.15) is 0 Å². The van der Waals surface area contributed by atoms with Gasteiger partial charge in [-0.2, -0.15) is 5.26 Å². The third kappa shape index (κ3) is 326. The summed E-state index contributed by atoms with van der Waals surface area (Å²) in [5.41, 5.74) is 0. The minimum atomic E-state index is 0. The van der Waals surface area contributed by atoms with E-state index in [0.29, 0.717) is 0 Å². The SMILES string of the molecule is C.N#CO.[CH3-].[Y]. The molecule has 35 valence electrons. The zero-order chi connectivity index (χ0) is 2.71. The predicted octanol–water partition coefficient (Wildman–Crippen LogP) is 0.924. The minimum Gasteiger partial charge on any atom is -0.443 e. The molecule has 1 radical (unpaired) electrons. The Morgan fingerprint density at radius 3 is 1.50 bits per heavy atom. The summed E-state index contributed by atoms with van der Waals surface area (Å²) in [5.74, 6) is 0. The van der Waals surface area contributed by atoms with E-state index in [1.807, 2.05) is 0 Å². The Kier molecular flexibility index (Phi) is 290. The molecule has 0 aliphatic heterocycles. The third-order valence-corrected chi connectivity index (χ3v) is 0. The molecule has 1 N–H and O–H groups in total. The molecule has 0 bridgehead atoms. The van der Waals surface area contributed by atoms with Gasteiger partial charge in [-0.3, -0.25) is 0 Å². The van der Waals surface area contributed by atoms with Crippen LogP contribution in [-0.2, 0) is 32.7 Å². The van der Waals surface area contributed by atoms with Crippen LogP contribution < -0.4 is 0 Å². The van der Waals surface area contributed by atoms with Crippen LogP contribution in [0.5, 0.6) is 0 Å². The molecule has 0 unspecified atom stereocenters. The number of hydrogen-bond acceptors (Lipinski definition) is 2. The monoisotopic (exact) mass is 163 g/mol. The maximum atomic E-state index is 6.88. The molecule has 0 spiro atoms. The second-order valence-corrected chi connectivity index (χ2v) is 0.100. The van der Waals surface area contributed by atoms with Crippen molar-refractivity contribution in [2.45, 2.75) is 7.43 Å². The maximum absolute atomic E-state index is 6.88. The second-order valence-electron chi connectivity index (χ2n) is 0.100. The molecule has 0 atom stereocenters. The molecule has 6 heavy (non-hydrogen) atoms. The fourth-order valence-corrected chi connectivity index (χ4v) is 0. The Bertz CT molecular complexity index is 32.3. The van der Waals surface area contributed by atoms with Crippen LogP contribution in [0.3, 0.4) is 0 Å². The summed E-state index contributed by atoms with van der Waals surface area (Å²) in [7, 11) is 0. The standard InChI is InChI=1S/CHNO.CH4.CH3.Y/c2-1-3;;;/h3H;1H4;1H3;/q;;-1;. The van der Waals surface area contributed by atoms with Gasteiger partial charge in [0.05, 0.1) is 0 Å². The van der Waals surface area contributed by atoms with Crippen molar-refractivity contribution in [3.05, 3.63) is 7.43 Å². The van der Waals surface area contributed by atoms with E-state index in [9.17, 15) is 0 Å². The van der Waals surface area contributed by atoms with Gasteiger partial charge in [-0.1, -0.05) is 7.43 Å². The van der Waals surface area contributed by atoms with Crippen LogP contribution in [0, 0.1) is 18.9 Å². The summed E-state index contributed by atoms with van der Waals surface area (Å²) >= 11 is 0. The molecule has 0 aromatic carbocycles. The average Bonchev–Trinajstić information content (AvgIpc) is 0.918. The van der Waals surface area contributed by atoms with Gasteiger partial charge in [0, 0.05) is 32.7 Å². The maximum Gasteiger partial charge on any atom is 0.283 e. The van der Waals surface area contributed by atoms with E-state index in [1.54, 1.807) is 0 Å². The van der Waals surface area contributed by atoms with E-state index >= 15 is 0 Å². The zero-order valence-corrected chi connectivity index (χ0v) is 5.81. The molecule has 0 aromatic heterocycles. The van der Waals surface area contributed by atoms with Gasteiger partial charge >= 0.3 is 0 Å². The summed E-state index contributed by atoms with van der Waals surface area (Å²) in [6, 6.07) is 0. The first kappa shape index (κ1) is 32.5. The van der Waals surface area contributed by atoms with Crippen LogP contribution in [0.25, 0.3) is 0 Å². The van der Waals surface area contributed by atoms with E-state index < -0.39 is 0 Å². The van der Waals surface area contributed by atoms with E-state index in [4.69, 9.17) is 10.4 Å². The molecule has 0 aliphatic carbocycles. The van der Waals surface area contributed by atoms with Crippen molar-refractivity contribution in [3.8, 4) is 6.26 Å². The molecular weight excluding hydrogens is 155 g/mol. The number of aliphatic hydroxyl groups excluding tert-OH is 1. The first-order chi connectivity index (χ1) is 1.41. The number of aliphatic hydroxyl groups is 1. The van der Waals surface area contributed by atoms with Crippen LogP contribution in [0.15, 0.2) is 0 Å². The fraction of sp³-hybridized carbons (Fsp3) is 0.333. The first-order valence-corrected chi connectivity index (χ1v) is 0.447. The van der Waals surface area contributed by atoms with Crippen LogP contribution in [-0.4, -0.2) is 5.11 Å². The molecule has 0 saturated carbocycles. The van der Waals surface area contributed by atoms with Gasteiger partial charge in [-0.25, -0.2) is 0 Å². The molecule has 0 saturated heterocycles. The summed E-state index contributed by atoms with van der Waals surface area (Å²) in [6.07, 6.45) is 0.750. The number of nitrogens with zero attached hydrogens (tertiary/aromatic N) is 1. The van der Waals surface area contributed by atoms with Crippen LogP contribution in [0.2, 0.25) is 0 Å². The van der Waals surface area contributed by atoms with Gasteiger partial charge in [0.25, 0.3) is 6.26 Å². The molecule has 3 heteroatoms. The van der Waals surface area contributed by atoms with Crippen molar-refractivity contribution in [2.24, 2.45) is 0 Å². The van der Waals surface area contributed by atoms with Crippen molar-refractivity contribution in [2.75, 3.05) is 0 Å². The van der Waals surface area contributed by atoms with Crippen LogP contribution in [0.4, 0.5) is 0 Å². The molecule has 0 rings (SSSR count). The Labute approximate surface area is 64.1 Å². The van der Waals surface area contributed by atoms with Gasteiger partial charge < -0.3 is 12.5 Å². The number of hydrogen-bond donors (Lipinski definition) is 1. The minimum absolute atomic E-state index is 0. The van der Waals surface area contributed by atoms with E-state index in [0.717, 1.165) is 6.26 Å². The molecule has 2 nitrogen and oxygen atoms in total. The smallest absolute Gasteiger partial charge is 0.283 e. The molecule has 0 aliphatic rings. The Morgan fingerprint density at radius 2 is 1.50 bits per heavy atom. The Hall–Kier alpha value is 0.394. The van der Waals surface area contributed by atoms with Gasteiger partial charge in [0.15, 0.2) is 0 Å². The van der Waals surface area contributed by atoms with Gasteiger partial charge in [-0.15, -0.1) is 0 Å². The molecular formula is C3H8NOY-. The van der Waals surface area contributed by atoms with Crippen molar-refractivity contribution >= 4 is 0 Å². The normalized spacial score (nSPS) is 1.17. The van der Waals surface area contributed by atoms with Crippen LogP contribution in [0.1, 0.15) is 7.43 Å². The Balaban J connectivity index is -0.00000000667. The molecule has 0 aromatic rings. The van der Waals surface area contributed by atoms with Crippen molar-refractivity contribution in [1.29, 1.82) is 5.26 Å².